The van der Waals surface area contributed by atoms with E-state index in [9.17, 15) is 14.9 Å². The van der Waals surface area contributed by atoms with Crippen LogP contribution in [0.25, 0.3) is 6.08 Å². The van der Waals surface area contributed by atoms with Crippen LogP contribution in [0.15, 0.2) is 53.0 Å². The van der Waals surface area contributed by atoms with Crippen molar-refractivity contribution in [3.63, 3.8) is 0 Å². The van der Waals surface area contributed by atoms with Gasteiger partial charge in [0.15, 0.2) is 0 Å². The molecule has 0 saturated heterocycles. The summed E-state index contributed by atoms with van der Waals surface area (Å²) in [4.78, 5) is 22.1. The van der Waals surface area contributed by atoms with Gasteiger partial charge in [-0.05, 0) is 52.4 Å². The SMILES string of the molecule is O=C(C=Cc1cccc([N+](=O)[O-])c1)Nc1ccc(Br)cc1I. The van der Waals surface area contributed by atoms with Crippen molar-refractivity contribution in [3.05, 3.63) is 72.3 Å². The van der Waals surface area contributed by atoms with Crippen LogP contribution in [0, 0.1) is 13.7 Å². The van der Waals surface area contributed by atoms with Gasteiger partial charge in [-0.3, -0.25) is 14.9 Å². The van der Waals surface area contributed by atoms with E-state index in [1.807, 2.05) is 12.1 Å². The lowest BCUT2D eigenvalue weighted by molar-refractivity contribution is -0.384. The van der Waals surface area contributed by atoms with Crippen LogP contribution in [0.1, 0.15) is 5.56 Å². The third-order valence-electron chi connectivity index (χ3n) is 2.70. The zero-order valence-corrected chi connectivity index (χ0v) is 14.9. The van der Waals surface area contributed by atoms with Gasteiger partial charge < -0.3 is 5.32 Å². The molecule has 7 heteroatoms. The Morgan fingerprint density at radius 2 is 2.05 bits per heavy atom. The number of rotatable bonds is 4. The van der Waals surface area contributed by atoms with Crippen molar-refractivity contribution < 1.29 is 9.72 Å². The maximum Gasteiger partial charge on any atom is 0.270 e. The Kier molecular flexibility index (Phi) is 5.67. The standard InChI is InChI=1S/C15H10BrIN2O3/c16-11-5-6-14(13(17)9-11)18-15(20)7-4-10-2-1-3-12(8-10)19(21)22/h1-9H,(H,18,20). The number of nitro benzene ring substituents is 1. The van der Waals surface area contributed by atoms with E-state index >= 15 is 0 Å². The van der Waals surface area contributed by atoms with Crippen LogP contribution < -0.4 is 5.32 Å². The molecule has 0 bridgehead atoms. The second-order valence-electron chi connectivity index (χ2n) is 4.30. The van der Waals surface area contributed by atoms with E-state index in [-0.39, 0.29) is 11.6 Å². The number of hydrogen-bond donors (Lipinski definition) is 1. The average molecular weight is 473 g/mol. The van der Waals surface area contributed by atoms with Crippen molar-refractivity contribution in [2.24, 2.45) is 0 Å². The first-order chi connectivity index (χ1) is 10.5. The van der Waals surface area contributed by atoms with Crippen LogP contribution in [0.3, 0.4) is 0 Å². The number of carbonyl (C=O) groups excluding carboxylic acids is 1. The molecule has 0 saturated carbocycles. The number of nitrogens with one attached hydrogen (secondary N) is 1. The second-order valence-corrected chi connectivity index (χ2v) is 6.38. The zero-order valence-electron chi connectivity index (χ0n) is 11.1. The highest BCUT2D eigenvalue weighted by atomic mass is 127. The van der Waals surface area contributed by atoms with Gasteiger partial charge in [0, 0.05) is 26.3 Å². The Morgan fingerprint density at radius 1 is 1.27 bits per heavy atom. The predicted molar refractivity (Wildman–Crippen MR) is 97.6 cm³/mol. The van der Waals surface area contributed by atoms with Crippen LogP contribution in [0.4, 0.5) is 11.4 Å². The maximum absolute atomic E-state index is 11.9. The zero-order chi connectivity index (χ0) is 16.1. The van der Waals surface area contributed by atoms with E-state index in [4.69, 9.17) is 0 Å². The lowest BCUT2D eigenvalue weighted by Crippen LogP contribution is -2.08. The van der Waals surface area contributed by atoms with Gasteiger partial charge in [-0.15, -0.1) is 0 Å². The lowest BCUT2D eigenvalue weighted by atomic mass is 10.2. The molecule has 0 heterocycles. The number of benzene rings is 2. The summed E-state index contributed by atoms with van der Waals surface area (Å²) in [6.45, 7) is 0. The Balaban J connectivity index is 2.08. The van der Waals surface area contributed by atoms with Crippen LogP contribution in [0.2, 0.25) is 0 Å². The fraction of sp³-hybridized carbons (Fsp3) is 0. The number of nitro groups is 1. The van der Waals surface area contributed by atoms with Gasteiger partial charge in [-0.1, -0.05) is 28.1 Å². The van der Waals surface area contributed by atoms with Gasteiger partial charge in [0.1, 0.15) is 0 Å². The molecule has 112 valence electrons. The molecule has 2 aromatic carbocycles. The number of anilines is 1. The third-order valence-corrected chi connectivity index (χ3v) is 4.08. The van der Waals surface area contributed by atoms with E-state index in [2.05, 4.69) is 43.8 Å². The number of non-ortho nitro benzene ring substituents is 1. The largest absolute Gasteiger partial charge is 0.322 e. The number of halogens is 2. The molecular weight excluding hydrogens is 463 g/mol. The van der Waals surface area contributed by atoms with Crippen LogP contribution in [-0.2, 0) is 4.79 Å². The summed E-state index contributed by atoms with van der Waals surface area (Å²) in [7, 11) is 0. The van der Waals surface area contributed by atoms with Gasteiger partial charge in [0.2, 0.25) is 5.91 Å². The van der Waals surface area contributed by atoms with Gasteiger partial charge in [0.25, 0.3) is 5.69 Å². The second kappa shape index (κ2) is 7.50. The highest BCUT2D eigenvalue weighted by Gasteiger charge is 2.05. The summed E-state index contributed by atoms with van der Waals surface area (Å²) in [6, 6.07) is 11.6. The van der Waals surface area contributed by atoms with Crippen LogP contribution in [-0.4, -0.2) is 10.8 Å². The molecule has 2 aromatic rings. The van der Waals surface area contributed by atoms with Gasteiger partial charge in [0.05, 0.1) is 10.6 Å². The molecule has 22 heavy (non-hydrogen) atoms. The topological polar surface area (TPSA) is 72.2 Å². The fourth-order valence-electron chi connectivity index (χ4n) is 1.68. The summed E-state index contributed by atoms with van der Waals surface area (Å²) < 4.78 is 1.84. The number of nitrogens with zero attached hydrogens (tertiary/aromatic N) is 1. The Morgan fingerprint density at radius 3 is 2.73 bits per heavy atom. The van der Waals surface area contributed by atoms with E-state index in [0.29, 0.717) is 11.3 Å². The first-order valence-corrected chi connectivity index (χ1v) is 8.01. The molecule has 1 N–H and O–H groups in total. The molecule has 0 aliphatic carbocycles. The quantitative estimate of drug-likeness (QED) is 0.305. The summed E-state index contributed by atoms with van der Waals surface area (Å²) in [5.41, 5.74) is 1.29. The molecule has 0 fully saturated rings. The van der Waals surface area contributed by atoms with Crippen molar-refractivity contribution in [1.82, 2.24) is 0 Å². The Hall–Kier alpha value is -1.74. The summed E-state index contributed by atoms with van der Waals surface area (Å²) in [5.74, 6) is -0.299. The van der Waals surface area contributed by atoms with E-state index in [1.54, 1.807) is 18.2 Å². The van der Waals surface area contributed by atoms with Crippen molar-refractivity contribution in [2.75, 3.05) is 5.32 Å². The molecule has 1 amide bonds. The molecule has 5 nitrogen and oxygen atoms in total. The summed E-state index contributed by atoms with van der Waals surface area (Å²) in [5, 5.41) is 13.5. The number of carbonyl (C=O) groups is 1. The molecule has 2 rings (SSSR count). The van der Waals surface area contributed by atoms with Crippen molar-refractivity contribution >= 4 is 61.9 Å². The first kappa shape index (κ1) is 16.6. The highest BCUT2D eigenvalue weighted by molar-refractivity contribution is 14.1. The van der Waals surface area contributed by atoms with Crippen LogP contribution >= 0.6 is 38.5 Å². The van der Waals surface area contributed by atoms with Gasteiger partial charge in [-0.2, -0.15) is 0 Å². The molecule has 0 radical (unpaired) electrons. The average Bonchev–Trinajstić information content (AvgIpc) is 2.48. The summed E-state index contributed by atoms with van der Waals surface area (Å²) in [6.07, 6.45) is 2.88. The molecular formula is C15H10BrIN2O3. The minimum absolute atomic E-state index is 0.00924. The minimum Gasteiger partial charge on any atom is -0.322 e. The van der Waals surface area contributed by atoms with Crippen molar-refractivity contribution in [2.45, 2.75) is 0 Å². The number of amides is 1. The molecule has 0 atom stereocenters. The van der Waals surface area contributed by atoms with Crippen molar-refractivity contribution in [1.29, 1.82) is 0 Å². The molecule has 0 aliphatic rings. The third kappa shape index (κ3) is 4.63. The Bertz CT molecular complexity index is 762. The van der Waals surface area contributed by atoms with Gasteiger partial charge >= 0.3 is 0 Å². The minimum atomic E-state index is -0.471. The molecule has 0 aromatic heterocycles. The molecule has 0 aliphatic heterocycles. The van der Waals surface area contributed by atoms with E-state index < -0.39 is 4.92 Å². The molecule has 0 unspecified atom stereocenters. The monoisotopic (exact) mass is 472 g/mol. The molecule has 0 spiro atoms. The van der Waals surface area contributed by atoms with Gasteiger partial charge in [-0.25, -0.2) is 0 Å². The lowest BCUT2D eigenvalue weighted by Gasteiger charge is -2.05. The highest BCUT2D eigenvalue weighted by Crippen LogP contribution is 2.22. The Labute approximate surface area is 148 Å². The maximum atomic E-state index is 11.9. The van der Waals surface area contributed by atoms with Crippen molar-refractivity contribution in [3.8, 4) is 0 Å². The predicted octanol–water partition coefficient (Wildman–Crippen LogP) is 4.61. The van der Waals surface area contributed by atoms with E-state index in [1.165, 1.54) is 24.3 Å². The first-order valence-electron chi connectivity index (χ1n) is 6.14. The smallest absolute Gasteiger partial charge is 0.270 e. The summed E-state index contributed by atoms with van der Waals surface area (Å²) >= 11 is 5.48. The van der Waals surface area contributed by atoms with Crippen LogP contribution in [0.5, 0.6) is 0 Å². The fourth-order valence-corrected chi connectivity index (χ4v) is 3.12. The normalized spacial score (nSPS) is 10.6. The van der Waals surface area contributed by atoms with E-state index in [0.717, 1.165) is 8.04 Å². The number of hydrogen-bond acceptors (Lipinski definition) is 3.